The van der Waals surface area contributed by atoms with E-state index in [1.165, 1.54) is 16.4 Å². The Balaban J connectivity index is 1.34. The first kappa shape index (κ1) is 24.6. The van der Waals surface area contributed by atoms with Gasteiger partial charge in [-0.25, -0.2) is 13.4 Å². The van der Waals surface area contributed by atoms with Gasteiger partial charge in [0.25, 0.3) is 0 Å². The van der Waals surface area contributed by atoms with Gasteiger partial charge in [-0.1, -0.05) is 36.4 Å². The summed E-state index contributed by atoms with van der Waals surface area (Å²) in [5, 5.41) is 4.10. The summed E-state index contributed by atoms with van der Waals surface area (Å²) in [6.45, 7) is 4.31. The molecule has 7 nitrogen and oxygen atoms in total. The van der Waals surface area contributed by atoms with Crippen LogP contribution in [0.2, 0.25) is 0 Å². The average molecular weight is 522 g/mol. The molecule has 186 valence electrons. The van der Waals surface area contributed by atoms with Crippen LogP contribution in [0.15, 0.2) is 77.7 Å². The first-order valence-corrected chi connectivity index (χ1v) is 14.0. The number of ketones is 1. The molecule has 1 saturated heterocycles. The number of thiazole rings is 1. The normalized spacial score (nSPS) is 18.8. The van der Waals surface area contributed by atoms with E-state index in [4.69, 9.17) is 9.72 Å². The zero-order valence-electron chi connectivity index (χ0n) is 20.0. The fraction of sp³-hybridized carbons (Fsp3) is 0.259. The molecule has 0 aliphatic carbocycles. The lowest BCUT2D eigenvalue weighted by molar-refractivity contribution is -0.0440. The molecular weight excluding hydrogens is 494 g/mol. The molecule has 9 heteroatoms. The van der Waals surface area contributed by atoms with Gasteiger partial charge in [-0.2, -0.15) is 4.31 Å². The number of rotatable bonds is 7. The summed E-state index contributed by atoms with van der Waals surface area (Å²) in [5.41, 5.74) is 2.99. The van der Waals surface area contributed by atoms with Crippen LogP contribution >= 0.6 is 11.3 Å². The number of hydrogen-bond acceptors (Lipinski definition) is 7. The van der Waals surface area contributed by atoms with Gasteiger partial charge in [-0.15, -0.1) is 11.3 Å². The van der Waals surface area contributed by atoms with Gasteiger partial charge in [-0.3, -0.25) is 4.79 Å². The lowest BCUT2D eigenvalue weighted by atomic mass is 10.1. The Kier molecular flexibility index (Phi) is 6.90. The number of benzene rings is 3. The summed E-state index contributed by atoms with van der Waals surface area (Å²) >= 11 is 1.60. The standard InChI is InChI=1S/C27H27N3O4S2/c1-18-16-30(17-19(2)34-18)36(32,33)21-9-7-8-20(14-21)25(31)15-28-23-11-4-3-10-22(23)27-29-24-12-5-6-13-26(24)35-27/h3-14,18-19,28H,15-17H2,1-2H3. The minimum absolute atomic E-state index is 0.0248. The molecular formula is C27H27N3O4S2. The van der Waals surface area contributed by atoms with Crippen LogP contribution in [0, 0.1) is 0 Å². The summed E-state index contributed by atoms with van der Waals surface area (Å²) < 4.78 is 34.7. The van der Waals surface area contributed by atoms with Crippen molar-refractivity contribution in [2.75, 3.05) is 25.0 Å². The van der Waals surface area contributed by atoms with Crippen molar-refractivity contribution in [3.05, 3.63) is 78.4 Å². The molecule has 1 aliphatic rings. The highest BCUT2D eigenvalue weighted by molar-refractivity contribution is 7.89. The minimum atomic E-state index is -3.73. The van der Waals surface area contributed by atoms with E-state index in [2.05, 4.69) is 5.32 Å². The third kappa shape index (κ3) is 5.05. The fourth-order valence-electron chi connectivity index (χ4n) is 4.39. The van der Waals surface area contributed by atoms with Gasteiger partial charge >= 0.3 is 0 Å². The first-order valence-electron chi connectivity index (χ1n) is 11.8. The van der Waals surface area contributed by atoms with E-state index in [1.807, 2.05) is 62.4 Å². The lowest BCUT2D eigenvalue weighted by Gasteiger charge is -2.34. The molecule has 4 aromatic rings. The van der Waals surface area contributed by atoms with E-state index >= 15 is 0 Å². The van der Waals surface area contributed by atoms with Crippen LogP contribution in [-0.4, -0.2) is 55.3 Å². The number of para-hydroxylation sites is 2. The molecule has 36 heavy (non-hydrogen) atoms. The Morgan fingerprint density at radius 3 is 2.53 bits per heavy atom. The van der Waals surface area contributed by atoms with Gasteiger partial charge in [0.05, 0.1) is 33.9 Å². The van der Waals surface area contributed by atoms with E-state index < -0.39 is 10.0 Å². The third-order valence-electron chi connectivity index (χ3n) is 6.07. The number of carbonyl (C=O) groups is 1. The zero-order valence-corrected chi connectivity index (χ0v) is 21.7. The van der Waals surface area contributed by atoms with E-state index in [0.717, 1.165) is 26.5 Å². The van der Waals surface area contributed by atoms with Crippen molar-refractivity contribution in [1.29, 1.82) is 0 Å². The van der Waals surface area contributed by atoms with Crippen molar-refractivity contribution in [3.8, 4) is 10.6 Å². The number of ether oxygens (including phenoxy) is 1. The number of hydrogen-bond donors (Lipinski definition) is 1. The van der Waals surface area contributed by atoms with Crippen molar-refractivity contribution < 1.29 is 17.9 Å². The summed E-state index contributed by atoms with van der Waals surface area (Å²) in [6, 6.07) is 22.0. The van der Waals surface area contributed by atoms with Crippen LogP contribution in [0.5, 0.6) is 0 Å². The molecule has 0 bridgehead atoms. The molecule has 2 heterocycles. The Morgan fingerprint density at radius 1 is 1.03 bits per heavy atom. The molecule has 1 fully saturated rings. The highest BCUT2D eigenvalue weighted by Crippen LogP contribution is 2.34. The number of nitrogens with one attached hydrogen (secondary N) is 1. The number of carbonyl (C=O) groups excluding carboxylic acids is 1. The molecule has 1 aliphatic heterocycles. The second-order valence-electron chi connectivity index (χ2n) is 8.92. The topological polar surface area (TPSA) is 88.6 Å². The second-order valence-corrected chi connectivity index (χ2v) is 11.9. The van der Waals surface area contributed by atoms with Crippen molar-refractivity contribution >= 4 is 43.0 Å². The van der Waals surface area contributed by atoms with E-state index in [0.29, 0.717) is 5.56 Å². The number of nitrogens with zero attached hydrogens (tertiary/aromatic N) is 2. The molecule has 1 aromatic heterocycles. The zero-order chi connectivity index (χ0) is 25.3. The summed E-state index contributed by atoms with van der Waals surface area (Å²) in [5.74, 6) is -0.199. The Bertz CT molecular complexity index is 1470. The van der Waals surface area contributed by atoms with E-state index in [-0.39, 0.29) is 42.5 Å². The highest BCUT2D eigenvalue weighted by atomic mass is 32.2. The van der Waals surface area contributed by atoms with Crippen LogP contribution in [0.3, 0.4) is 0 Å². The maximum absolute atomic E-state index is 13.2. The van der Waals surface area contributed by atoms with Gasteiger partial charge < -0.3 is 10.1 Å². The number of Topliss-reactive ketones (excluding diaryl/α,β-unsaturated/α-hetero) is 1. The number of aromatic nitrogens is 1. The maximum atomic E-state index is 13.2. The van der Waals surface area contributed by atoms with Gasteiger partial charge in [0.15, 0.2) is 5.78 Å². The first-order chi connectivity index (χ1) is 17.3. The SMILES string of the molecule is CC1CN(S(=O)(=O)c2cccc(C(=O)CNc3ccccc3-c3nc4ccccc4s3)c2)CC(C)O1. The molecule has 1 N–H and O–H groups in total. The highest BCUT2D eigenvalue weighted by Gasteiger charge is 2.32. The number of sulfonamides is 1. The molecule has 0 saturated carbocycles. The molecule has 0 spiro atoms. The summed E-state index contributed by atoms with van der Waals surface area (Å²) in [7, 11) is -3.73. The van der Waals surface area contributed by atoms with Gasteiger partial charge in [0.1, 0.15) is 5.01 Å². The predicted molar refractivity (Wildman–Crippen MR) is 143 cm³/mol. The lowest BCUT2D eigenvalue weighted by Crippen LogP contribution is -2.48. The minimum Gasteiger partial charge on any atom is -0.377 e. The van der Waals surface area contributed by atoms with E-state index in [9.17, 15) is 13.2 Å². The summed E-state index contributed by atoms with van der Waals surface area (Å²) in [6.07, 6.45) is -0.374. The summed E-state index contributed by atoms with van der Waals surface area (Å²) in [4.78, 5) is 17.9. The molecule has 3 aromatic carbocycles. The van der Waals surface area contributed by atoms with Gasteiger partial charge in [0, 0.05) is 29.9 Å². The number of fused-ring (bicyclic) bond motifs is 1. The molecule has 0 radical (unpaired) electrons. The number of anilines is 1. The largest absolute Gasteiger partial charge is 0.377 e. The molecule has 2 unspecified atom stereocenters. The smallest absolute Gasteiger partial charge is 0.243 e. The molecule has 5 rings (SSSR count). The second kappa shape index (κ2) is 10.1. The van der Waals surface area contributed by atoms with Crippen LogP contribution in [-0.2, 0) is 14.8 Å². The van der Waals surface area contributed by atoms with Crippen LogP contribution in [0.25, 0.3) is 20.8 Å². The van der Waals surface area contributed by atoms with Gasteiger partial charge in [0.2, 0.25) is 10.0 Å². The Morgan fingerprint density at radius 2 is 1.75 bits per heavy atom. The van der Waals surface area contributed by atoms with Gasteiger partial charge in [-0.05, 0) is 50.2 Å². The van der Waals surface area contributed by atoms with Crippen LogP contribution in [0.1, 0.15) is 24.2 Å². The maximum Gasteiger partial charge on any atom is 0.243 e. The predicted octanol–water partition coefficient (Wildman–Crippen LogP) is 5.06. The van der Waals surface area contributed by atoms with Crippen LogP contribution < -0.4 is 5.32 Å². The third-order valence-corrected chi connectivity index (χ3v) is 8.97. The van der Waals surface area contributed by atoms with Crippen molar-refractivity contribution in [1.82, 2.24) is 9.29 Å². The Labute approximate surface area is 214 Å². The Hall–Kier alpha value is -3.11. The average Bonchev–Trinajstić information content (AvgIpc) is 3.31. The molecule has 2 atom stereocenters. The van der Waals surface area contributed by atoms with Crippen LogP contribution in [0.4, 0.5) is 5.69 Å². The number of morpholine rings is 1. The quantitative estimate of drug-likeness (QED) is 0.342. The van der Waals surface area contributed by atoms with Crippen molar-refractivity contribution in [2.24, 2.45) is 0 Å². The molecule has 0 amide bonds. The van der Waals surface area contributed by atoms with E-state index in [1.54, 1.807) is 23.5 Å². The fourth-order valence-corrected chi connectivity index (χ4v) is 7.04. The van der Waals surface area contributed by atoms with Crippen molar-refractivity contribution in [2.45, 2.75) is 31.0 Å². The monoisotopic (exact) mass is 521 g/mol. The van der Waals surface area contributed by atoms with Crippen molar-refractivity contribution in [3.63, 3.8) is 0 Å².